The monoisotopic (exact) mass is 409 g/mol. The van der Waals surface area contributed by atoms with E-state index >= 15 is 0 Å². The summed E-state index contributed by atoms with van der Waals surface area (Å²) in [6.07, 6.45) is 1.76. The zero-order chi connectivity index (χ0) is 19.7. The summed E-state index contributed by atoms with van der Waals surface area (Å²) in [4.78, 5) is 16.5. The standard InChI is InChI=1S/C20H12ClN3O5/c21-9-3-8-6-27-7-28-17(8)11(4-9)14-12-5-22-24-20(12)23-15-10-1-2-13(25)16(26)18(10)29-19(14)15/h1-5,26H,6-7H2,(H2,22,23,24). The number of benzene rings is 2. The molecule has 0 saturated carbocycles. The molecule has 0 bridgehead atoms. The van der Waals surface area contributed by atoms with Crippen LogP contribution in [0.2, 0.25) is 5.02 Å². The smallest absolute Gasteiger partial charge is 0.224 e. The zero-order valence-electron chi connectivity index (χ0n) is 14.7. The second-order valence-corrected chi connectivity index (χ2v) is 7.22. The number of halogens is 1. The van der Waals surface area contributed by atoms with Crippen molar-refractivity contribution in [1.82, 2.24) is 15.2 Å². The SMILES string of the molecule is O=c1ccc2c(oc3c(-c4cc(Cl)cc5c4OCOC5)c4c[nH][nH]c4nc32)c1O. The molecule has 1 aliphatic heterocycles. The molecule has 144 valence electrons. The average molecular weight is 410 g/mol. The molecule has 0 fully saturated rings. The van der Waals surface area contributed by atoms with E-state index in [0.717, 1.165) is 10.9 Å². The van der Waals surface area contributed by atoms with Gasteiger partial charge in [-0.3, -0.25) is 9.89 Å². The van der Waals surface area contributed by atoms with Crippen LogP contribution in [-0.2, 0) is 11.3 Å². The molecule has 8 nitrogen and oxygen atoms in total. The quantitative estimate of drug-likeness (QED) is 0.385. The van der Waals surface area contributed by atoms with Gasteiger partial charge in [0.2, 0.25) is 11.2 Å². The third-order valence-corrected chi connectivity index (χ3v) is 5.31. The van der Waals surface area contributed by atoms with E-state index in [1.807, 2.05) is 0 Å². The Kier molecular flexibility index (Phi) is 3.27. The van der Waals surface area contributed by atoms with Gasteiger partial charge < -0.3 is 24.1 Å². The van der Waals surface area contributed by atoms with Crippen LogP contribution in [0.5, 0.6) is 11.5 Å². The second-order valence-electron chi connectivity index (χ2n) is 6.78. The minimum Gasteiger partial charge on any atom is -0.502 e. The molecule has 0 saturated heterocycles. The number of rotatable bonds is 1. The Labute approximate surface area is 166 Å². The highest BCUT2D eigenvalue weighted by molar-refractivity contribution is 6.31. The summed E-state index contributed by atoms with van der Waals surface area (Å²) >= 11 is 6.38. The van der Waals surface area contributed by atoms with Crippen LogP contribution in [-0.4, -0.2) is 27.1 Å². The fraction of sp³-hybridized carbons (Fsp3) is 0.100. The van der Waals surface area contributed by atoms with Crippen LogP contribution >= 0.6 is 11.6 Å². The maximum atomic E-state index is 11.9. The molecule has 3 aromatic heterocycles. The normalized spacial score (nSPS) is 13.8. The fourth-order valence-corrected chi connectivity index (χ4v) is 4.10. The lowest BCUT2D eigenvalue weighted by Crippen LogP contribution is -2.12. The first kappa shape index (κ1) is 16.5. The summed E-state index contributed by atoms with van der Waals surface area (Å²) in [5.74, 6) is 0.198. The number of hydrogen-bond donors (Lipinski definition) is 3. The predicted molar refractivity (Wildman–Crippen MR) is 106 cm³/mol. The molecule has 4 heterocycles. The van der Waals surface area contributed by atoms with Gasteiger partial charge in [0, 0.05) is 33.3 Å². The number of aromatic amines is 2. The largest absolute Gasteiger partial charge is 0.502 e. The van der Waals surface area contributed by atoms with Crippen molar-refractivity contribution in [3.63, 3.8) is 0 Å². The molecule has 6 rings (SSSR count). The van der Waals surface area contributed by atoms with Gasteiger partial charge >= 0.3 is 0 Å². The van der Waals surface area contributed by atoms with Gasteiger partial charge in [0.1, 0.15) is 11.3 Å². The summed E-state index contributed by atoms with van der Waals surface area (Å²) in [5, 5.41) is 18.0. The molecule has 3 N–H and O–H groups in total. The molecule has 0 aliphatic carbocycles. The molecule has 0 unspecified atom stereocenters. The number of nitrogens with one attached hydrogen (secondary N) is 2. The number of fused-ring (bicyclic) bond motifs is 5. The van der Waals surface area contributed by atoms with Gasteiger partial charge in [0.05, 0.1) is 12.0 Å². The lowest BCUT2D eigenvalue weighted by Gasteiger charge is -2.21. The average Bonchev–Trinajstić information content (AvgIpc) is 3.33. The molecule has 1 aliphatic rings. The van der Waals surface area contributed by atoms with Gasteiger partial charge in [0.15, 0.2) is 23.6 Å². The molecule has 0 atom stereocenters. The Morgan fingerprint density at radius 1 is 1.17 bits per heavy atom. The van der Waals surface area contributed by atoms with E-state index in [1.54, 1.807) is 24.4 Å². The van der Waals surface area contributed by atoms with Gasteiger partial charge in [-0.1, -0.05) is 11.6 Å². The van der Waals surface area contributed by atoms with Gasteiger partial charge in [-0.15, -0.1) is 0 Å². The highest BCUT2D eigenvalue weighted by Gasteiger charge is 2.25. The Morgan fingerprint density at radius 2 is 2.07 bits per heavy atom. The van der Waals surface area contributed by atoms with E-state index in [4.69, 9.17) is 25.5 Å². The second kappa shape index (κ2) is 5.76. The van der Waals surface area contributed by atoms with Crippen LogP contribution in [0.25, 0.3) is 44.2 Å². The van der Waals surface area contributed by atoms with E-state index in [-0.39, 0.29) is 12.4 Å². The Hall–Kier alpha value is -3.49. The summed E-state index contributed by atoms with van der Waals surface area (Å²) in [5.41, 5.74) is 3.30. The first-order valence-electron chi connectivity index (χ1n) is 8.79. The number of H-pyrrole nitrogens is 2. The number of furan rings is 1. The van der Waals surface area contributed by atoms with Crippen LogP contribution in [0.4, 0.5) is 0 Å². The van der Waals surface area contributed by atoms with Crippen molar-refractivity contribution in [3.05, 3.63) is 51.3 Å². The molecule has 9 heteroatoms. The molecule has 0 spiro atoms. The summed E-state index contributed by atoms with van der Waals surface area (Å²) in [6, 6.07) is 6.47. The number of phenolic OH excluding ortho intramolecular Hbond substituents is 1. The first-order valence-corrected chi connectivity index (χ1v) is 9.17. The number of pyridine rings is 1. The number of nitrogens with zero attached hydrogens (tertiary/aromatic N) is 1. The highest BCUT2D eigenvalue weighted by atomic mass is 35.5. The first-order chi connectivity index (χ1) is 14.1. The van der Waals surface area contributed by atoms with Crippen LogP contribution in [0.1, 0.15) is 5.56 Å². The van der Waals surface area contributed by atoms with E-state index in [9.17, 15) is 9.90 Å². The van der Waals surface area contributed by atoms with Gasteiger partial charge in [0.25, 0.3) is 0 Å². The number of aromatic nitrogens is 3. The third kappa shape index (κ3) is 2.24. The van der Waals surface area contributed by atoms with Crippen LogP contribution < -0.4 is 10.2 Å². The Morgan fingerprint density at radius 3 is 2.97 bits per heavy atom. The van der Waals surface area contributed by atoms with Crippen molar-refractivity contribution in [1.29, 1.82) is 0 Å². The highest BCUT2D eigenvalue weighted by Crippen LogP contribution is 2.46. The summed E-state index contributed by atoms with van der Waals surface area (Å²) < 4.78 is 17.2. The number of hydrogen-bond acceptors (Lipinski definition) is 6. The van der Waals surface area contributed by atoms with Crippen LogP contribution in [0, 0.1) is 0 Å². The Balaban J connectivity index is 1.83. The van der Waals surface area contributed by atoms with Gasteiger partial charge in [-0.25, -0.2) is 4.98 Å². The predicted octanol–water partition coefficient (Wildman–Crippen LogP) is 4.04. The minimum absolute atomic E-state index is 0.0954. The number of phenols is 1. The molecule has 5 aromatic rings. The van der Waals surface area contributed by atoms with Crippen LogP contribution in [0.3, 0.4) is 0 Å². The van der Waals surface area contributed by atoms with Gasteiger partial charge in [-0.2, -0.15) is 0 Å². The van der Waals surface area contributed by atoms with Gasteiger partial charge in [-0.05, 0) is 24.3 Å². The maximum absolute atomic E-state index is 11.9. The molecule has 2 aromatic carbocycles. The van der Waals surface area contributed by atoms with Crippen molar-refractivity contribution >= 4 is 44.7 Å². The topological polar surface area (TPSA) is 113 Å². The van der Waals surface area contributed by atoms with E-state index < -0.39 is 11.2 Å². The molecular formula is C20H12ClN3O5. The summed E-state index contributed by atoms with van der Waals surface area (Å²) in [6.45, 7) is 0.499. The molecular weight excluding hydrogens is 398 g/mol. The van der Waals surface area contributed by atoms with E-state index in [1.165, 1.54) is 6.07 Å². The van der Waals surface area contributed by atoms with Crippen molar-refractivity contribution in [2.75, 3.05) is 6.79 Å². The number of aromatic hydroxyl groups is 1. The molecule has 0 amide bonds. The third-order valence-electron chi connectivity index (χ3n) is 5.10. The van der Waals surface area contributed by atoms with Crippen molar-refractivity contribution in [2.45, 2.75) is 6.61 Å². The van der Waals surface area contributed by atoms with E-state index in [0.29, 0.717) is 50.6 Å². The van der Waals surface area contributed by atoms with Crippen molar-refractivity contribution in [3.8, 4) is 22.6 Å². The van der Waals surface area contributed by atoms with Crippen molar-refractivity contribution in [2.24, 2.45) is 0 Å². The lowest BCUT2D eigenvalue weighted by atomic mass is 9.98. The molecule has 0 radical (unpaired) electrons. The number of ether oxygens (including phenoxy) is 2. The van der Waals surface area contributed by atoms with Crippen molar-refractivity contribution < 1.29 is 19.0 Å². The maximum Gasteiger partial charge on any atom is 0.224 e. The fourth-order valence-electron chi connectivity index (χ4n) is 3.85. The zero-order valence-corrected chi connectivity index (χ0v) is 15.5. The van der Waals surface area contributed by atoms with E-state index in [2.05, 4.69) is 15.2 Å². The minimum atomic E-state index is -0.516. The Bertz CT molecular complexity index is 1510. The molecule has 29 heavy (non-hydrogen) atoms. The van der Waals surface area contributed by atoms with Crippen LogP contribution in [0.15, 0.2) is 39.7 Å². The lowest BCUT2D eigenvalue weighted by molar-refractivity contribution is -0.0159. The summed E-state index contributed by atoms with van der Waals surface area (Å²) in [7, 11) is 0.